The van der Waals surface area contributed by atoms with Gasteiger partial charge in [0.2, 0.25) is 0 Å². The number of β-amino-alcohol motifs (C(OH)–C–C–N with tert-alkyl or cyclic N) is 1. The van der Waals surface area contributed by atoms with Crippen LogP contribution < -0.4 is 14.8 Å². The number of morpholine rings is 1. The van der Waals surface area contributed by atoms with E-state index in [1.165, 1.54) is 11.1 Å². The molecule has 2 fully saturated rings. The van der Waals surface area contributed by atoms with Gasteiger partial charge in [0, 0.05) is 45.8 Å². The molecule has 0 spiro atoms. The van der Waals surface area contributed by atoms with Crippen LogP contribution in [-0.4, -0.2) is 99.8 Å². The minimum Gasteiger partial charge on any atom is -0.493 e. The molecule has 2 aliphatic heterocycles. The molecule has 0 amide bonds. The zero-order chi connectivity index (χ0) is 25.9. The van der Waals surface area contributed by atoms with Gasteiger partial charge in [0.15, 0.2) is 0 Å². The Labute approximate surface area is 222 Å². The minimum atomic E-state index is -0.162. The van der Waals surface area contributed by atoms with Crippen molar-refractivity contribution in [2.45, 2.75) is 39.2 Å². The van der Waals surface area contributed by atoms with Crippen LogP contribution in [0.3, 0.4) is 0 Å². The van der Waals surface area contributed by atoms with E-state index in [0.29, 0.717) is 13.2 Å². The van der Waals surface area contributed by atoms with Gasteiger partial charge in [-0.05, 0) is 74.0 Å². The Bertz CT molecular complexity index is 964. The molecule has 37 heavy (non-hydrogen) atoms. The normalized spacial score (nSPS) is 18.8. The Morgan fingerprint density at radius 1 is 0.838 bits per heavy atom. The van der Waals surface area contributed by atoms with Crippen LogP contribution in [-0.2, 0) is 4.74 Å². The SMILES string of the molecule is Cc1c(OCCCNCCN2CCOCC2)cccc1-c1cccc(OCCCN2CC[C@@H](O)C2)c1C. The van der Waals surface area contributed by atoms with E-state index in [1.54, 1.807) is 0 Å². The highest BCUT2D eigenvalue weighted by atomic mass is 16.5. The van der Waals surface area contributed by atoms with Crippen molar-refractivity contribution in [3.8, 4) is 22.6 Å². The van der Waals surface area contributed by atoms with Gasteiger partial charge < -0.3 is 29.5 Å². The quantitative estimate of drug-likeness (QED) is 0.377. The third-order valence-electron chi connectivity index (χ3n) is 7.45. The predicted molar refractivity (Wildman–Crippen MR) is 149 cm³/mol. The Hall–Kier alpha value is -2.16. The summed E-state index contributed by atoms with van der Waals surface area (Å²) < 4.78 is 17.8. The van der Waals surface area contributed by atoms with E-state index in [-0.39, 0.29) is 6.10 Å². The summed E-state index contributed by atoms with van der Waals surface area (Å²) in [5.41, 5.74) is 4.70. The average Bonchev–Trinajstić information content (AvgIpc) is 3.33. The Morgan fingerprint density at radius 3 is 2.11 bits per heavy atom. The third kappa shape index (κ3) is 8.42. The summed E-state index contributed by atoms with van der Waals surface area (Å²) in [4.78, 5) is 4.76. The molecule has 2 heterocycles. The van der Waals surface area contributed by atoms with Crippen molar-refractivity contribution >= 4 is 0 Å². The van der Waals surface area contributed by atoms with Crippen LogP contribution in [0.4, 0.5) is 0 Å². The fourth-order valence-corrected chi connectivity index (χ4v) is 5.18. The number of benzene rings is 2. The summed E-state index contributed by atoms with van der Waals surface area (Å²) in [5.74, 6) is 1.89. The Balaban J connectivity index is 1.22. The lowest BCUT2D eigenvalue weighted by molar-refractivity contribution is 0.0384. The van der Waals surface area contributed by atoms with Crippen LogP contribution in [0.25, 0.3) is 11.1 Å². The zero-order valence-electron chi connectivity index (χ0n) is 22.7. The average molecular weight is 512 g/mol. The van der Waals surface area contributed by atoms with Crippen LogP contribution in [0, 0.1) is 13.8 Å². The maximum absolute atomic E-state index is 9.69. The lowest BCUT2D eigenvalue weighted by Gasteiger charge is -2.26. The standard InChI is InChI=1S/C30H45N3O4/c1-24-27(7-3-9-29(24)36-19-5-12-31-13-16-32-17-21-35-22-18-32)28-8-4-10-30(25(28)2)37-20-6-14-33-15-11-26(34)23-33/h3-4,7-10,26,31,34H,5-6,11-23H2,1-2H3/t26-/m1/s1. The molecule has 0 aliphatic carbocycles. The lowest BCUT2D eigenvalue weighted by Crippen LogP contribution is -2.40. The number of hydrogen-bond acceptors (Lipinski definition) is 7. The summed E-state index contributed by atoms with van der Waals surface area (Å²) in [6.07, 6.45) is 2.66. The van der Waals surface area contributed by atoms with Crippen LogP contribution in [0.2, 0.25) is 0 Å². The molecule has 4 rings (SSSR count). The second-order valence-electron chi connectivity index (χ2n) is 10.2. The van der Waals surface area contributed by atoms with Crippen LogP contribution >= 0.6 is 0 Å². The highest BCUT2D eigenvalue weighted by Crippen LogP contribution is 2.35. The highest BCUT2D eigenvalue weighted by Gasteiger charge is 2.19. The van der Waals surface area contributed by atoms with E-state index in [1.807, 2.05) is 0 Å². The predicted octanol–water partition coefficient (Wildman–Crippen LogP) is 3.50. The first-order valence-electron chi connectivity index (χ1n) is 14.0. The van der Waals surface area contributed by atoms with Crippen molar-refractivity contribution in [1.29, 1.82) is 0 Å². The smallest absolute Gasteiger partial charge is 0.122 e. The second kappa shape index (κ2) is 14.7. The molecular formula is C30H45N3O4. The first kappa shape index (κ1) is 27.9. The number of aliphatic hydroxyl groups excluding tert-OH is 1. The van der Waals surface area contributed by atoms with Gasteiger partial charge in [0.1, 0.15) is 11.5 Å². The second-order valence-corrected chi connectivity index (χ2v) is 10.2. The maximum atomic E-state index is 9.69. The van der Waals surface area contributed by atoms with Gasteiger partial charge in [-0.1, -0.05) is 24.3 Å². The van der Waals surface area contributed by atoms with Gasteiger partial charge >= 0.3 is 0 Å². The van der Waals surface area contributed by atoms with Crippen molar-refractivity contribution in [2.24, 2.45) is 0 Å². The molecule has 0 radical (unpaired) electrons. The molecule has 0 aromatic heterocycles. The fraction of sp³-hybridized carbons (Fsp3) is 0.600. The number of nitrogens with zero attached hydrogens (tertiary/aromatic N) is 2. The van der Waals surface area contributed by atoms with E-state index in [4.69, 9.17) is 14.2 Å². The van der Waals surface area contributed by atoms with Gasteiger partial charge in [0.05, 0.1) is 32.5 Å². The van der Waals surface area contributed by atoms with Crippen molar-refractivity contribution in [3.63, 3.8) is 0 Å². The lowest BCUT2D eigenvalue weighted by atomic mass is 9.95. The molecular weight excluding hydrogens is 466 g/mol. The first-order valence-corrected chi connectivity index (χ1v) is 14.0. The van der Waals surface area contributed by atoms with Gasteiger partial charge in [-0.3, -0.25) is 4.90 Å². The molecule has 7 heteroatoms. The Kier molecular flexibility index (Phi) is 11.1. The van der Waals surface area contributed by atoms with Crippen molar-refractivity contribution in [1.82, 2.24) is 15.1 Å². The summed E-state index contributed by atoms with van der Waals surface area (Å²) in [6, 6.07) is 12.6. The Morgan fingerprint density at radius 2 is 1.49 bits per heavy atom. The molecule has 2 aromatic rings. The number of nitrogens with one attached hydrogen (secondary N) is 1. The van der Waals surface area contributed by atoms with Crippen molar-refractivity contribution in [3.05, 3.63) is 47.5 Å². The number of likely N-dealkylation sites (tertiary alicyclic amines) is 1. The van der Waals surface area contributed by atoms with E-state index < -0.39 is 0 Å². The molecule has 7 nitrogen and oxygen atoms in total. The topological polar surface area (TPSA) is 66.4 Å². The molecule has 0 unspecified atom stereocenters. The number of aliphatic hydroxyl groups is 1. The molecule has 2 aliphatic rings. The van der Waals surface area contributed by atoms with Crippen LogP contribution in [0.15, 0.2) is 36.4 Å². The van der Waals surface area contributed by atoms with Gasteiger partial charge in [0.25, 0.3) is 0 Å². The van der Waals surface area contributed by atoms with E-state index in [9.17, 15) is 5.11 Å². The molecule has 1 atom stereocenters. The molecule has 204 valence electrons. The van der Waals surface area contributed by atoms with Crippen LogP contribution in [0.1, 0.15) is 30.4 Å². The molecule has 2 saturated heterocycles. The van der Waals surface area contributed by atoms with Gasteiger partial charge in [-0.15, -0.1) is 0 Å². The highest BCUT2D eigenvalue weighted by molar-refractivity contribution is 5.74. The van der Waals surface area contributed by atoms with Crippen LogP contribution in [0.5, 0.6) is 11.5 Å². The molecule has 2 N–H and O–H groups in total. The monoisotopic (exact) mass is 511 g/mol. The first-order chi connectivity index (χ1) is 18.1. The van der Waals surface area contributed by atoms with Gasteiger partial charge in [-0.25, -0.2) is 0 Å². The number of rotatable bonds is 14. The van der Waals surface area contributed by atoms with E-state index in [0.717, 1.165) is 107 Å². The third-order valence-corrected chi connectivity index (χ3v) is 7.45. The molecule has 0 bridgehead atoms. The molecule has 2 aromatic carbocycles. The maximum Gasteiger partial charge on any atom is 0.122 e. The fourth-order valence-electron chi connectivity index (χ4n) is 5.18. The number of hydrogen-bond donors (Lipinski definition) is 2. The van der Waals surface area contributed by atoms with E-state index in [2.05, 4.69) is 65.4 Å². The largest absolute Gasteiger partial charge is 0.493 e. The molecule has 0 saturated carbocycles. The summed E-state index contributed by atoms with van der Waals surface area (Å²) >= 11 is 0. The van der Waals surface area contributed by atoms with Gasteiger partial charge in [-0.2, -0.15) is 0 Å². The summed E-state index contributed by atoms with van der Waals surface area (Å²) in [6.45, 7) is 15.2. The zero-order valence-corrected chi connectivity index (χ0v) is 22.7. The summed E-state index contributed by atoms with van der Waals surface area (Å²) in [5, 5.41) is 13.2. The van der Waals surface area contributed by atoms with Crippen molar-refractivity contribution in [2.75, 3.05) is 78.8 Å². The number of ether oxygens (including phenoxy) is 3. The summed E-state index contributed by atoms with van der Waals surface area (Å²) in [7, 11) is 0. The minimum absolute atomic E-state index is 0.162. The van der Waals surface area contributed by atoms with E-state index >= 15 is 0 Å². The van der Waals surface area contributed by atoms with Crippen molar-refractivity contribution < 1.29 is 19.3 Å².